The first-order valence-corrected chi connectivity index (χ1v) is 9.92. The monoisotopic (exact) mass is 402 g/mol. The van der Waals surface area contributed by atoms with Crippen molar-refractivity contribution in [1.82, 2.24) is 24.5 Å². The highest BCUT2D eigenvalue weighted by atomic mass is 32.2. The van der Waals surface area contributed by atoms with Crippen molar-refractivity contribution in [1.29, 1.82) is 0 Å². The molecule has 0 bridgehead atoms. The van der Waals surface area contributed by atoms with E-state index in [2.05, 4.69) is 29.1 Å². The fourth-order valence-corrected chi connectivity index (χ4v) is 3.36. The Balaban J connectivity index is 1.71. The summed E-state index contributed by atoms with van der Waals surface area (Å²) in [7, 11) is 0. The minimum Gasteiger partial charge on any atom is -0.493 e. The van der Waals surface area contributed by atoms with E-state index in [1.54, 1.807) is 0 Å². The molecular formula is C18H22N6O3S. The average molecular weight is 402 g/mol. The summed E-state index contributed by atoms with van der Waals surface area (Å²) in [5.41, 5.74) is 0.922. The molecule has 0 aliphatic heterocycles. The second kappa shape index (κ2) is 8.87. The molecule has 148 valence electrons. The van der Waals surface area contributed by atoms with Crippen molar-refractivity contribution in [2.75, 3.05) is 6.61 Å². The molecule has 2 heterocycles. The number of thioether (sulfide) groups is 1. The molecule has 3 aromatic rings. The largest absolute Gasteiger partial charge is 0.493 e. The number of ether oxygens (including phenoxy) is 1. The Morgan fingerprint density at radius 3 is 2.61 bits per heavy atom. The Morgan fingerprint density at radius 1 is 1.25 bits per heavy atom. The third kappa shape index (κ3) is 4.69. The first kappa shape index (κ1) is 19.9. The van der Waals surface area contributed by atoms with Crippen LogP contribution >= 0.6 is 11.8 Å². The van der Waals surface area contributed by atoms with Gasteiger partial charge in [-0.05, 0) is 37.1 Å². The Kier molecular flexibility index (Phi) is 6.30. The standard InChI is InChI=1S/C18H22N6O3S/c1-4-23-17(14-5-7-16(8-6-14)27-11-13(2)3)20-21-18(23)28-12-22-10-15(9-19-22)24(25)26/h5-10,13H,4,11-12H2,1-3H3. The van der Waals surface area contributed by atoms with Gasteiger partial charge in [-0.1, -0.05) is 25.6 Å². The van der Waals surface area contributed by atoms with Gasteiger partial charge >= 0.3 is 5.69 Å². The lowest BCUT2D eigenvalue weighted by Gasteiger charge is -2.10. The van der Waals surface area contributed by atoms with E-state index in [1.807, 2.05) is 35.8 Å². The number of hydrogen-bond acceptors (Lipinski definition) is 7. The van der Waals surface area contributed by atoms with Gasteiger partial charge in [-0.15, -0.1) is 10.2 Å². The number of aromatic nitrogens is 5. The highest BCUT2D eigenvalue weighted by Crippen LogP contribution is 2.26. The van der Waals surface area contributed by atoms with Gasteiger partial charge in [0.25, 0.3) is 0 Å². The molecular weight excluding hydrogens is 380 g/mol. The van der Waals surface area contributed by atoms with Crippen molar-refractivity contribution < 1.29 is 9.66 Å². The van der Waals surface area contributed by atoms with Crippen molar-refractivity contribution in [2.45, 2.75) is 38.3 Å². The molecule has 0 N–H and O–H groups in total. The van der Waals surface area contributed by atoms with Crippen molar-refractivity contribution in [2.24, 2.45) is 5.92 Å². The topological polar surface area (TPSA) is 101 Å². The fourth-order valence-electron chi connectivity index (χ4n) is 2.50. The number of hydrogen-bond donors (Lipinski definition) is 0. The van der Waals surface area contributed by atoms with Crippen LogP contribution in [0.5, 0.6) is 5.75 Å². The van der Waals surface area contributed by atoms with E-state index < -0.39 is 4.92 Å². The Hall–Kier alpha value is -2.88. The molecule has 0 aliphatic carbocycles. The van der Waals surface area contributed by atoms with Gasteiger partial charge in [-0.2, -0.15) is 5.10 Å². The predicted molar refractivity (Wildman–Crippen MR) is 106 cm³/mol. The molecule has 10 heteroatoms. The zero-order chi connectivity index (χ0) is 20.1. The third-order valence-electron chi connectivity index (χ3n) is 3.89. The van der Waals surface area contributed by atoms with Crippen LogP contribution in [0.15, 0.2) is 41.8 Å². The second-order valence-corrected chi connectivity index (χ2v) is 7.46. The molecule has 0 amide bonds. The second-order valence-electron chi connectivity index (χ2n) is 6.55. The van der Waals surface area contributed by atoms with Gasteiger partial charge in [0, 0.05) is 12.1 Å². The zero-order valence-electron chi connectivity index (χ0n) is 16.0. The molecule has 3 rings (SSSR count). The van der Waals surface area contributed by atoms with Crippen LogP contribution in [0.1, 0.15) is 20.8 Å². The molecule has 0 fully saturated rings. The third-order valence-corrected chi connectivity index (χ3v) is 4.84. The lowest BCUT2D eigenvalue weighted by molar-refractivity contribution is -0.385. The molecule has 1 aromatic carbocycles. The summed E-state index contributed by atoms with van der Waals surface area (Å²) in [6.07, 6.45) is 2.63. The summed E-state index contributed by atoms with van der Waals surface area (Å²) in [4.78, 5) is 10.3. The van der Waals surface area contributed by atoms with Crippen molar-refractivity contribution in [3.8, 4) is 17.1 Å². The van der Waals surface area contributed by atoms with Crippen LogP contribution in [0.2, 0.25) is 0 Å². The van der Waals surface area contributed by atoms with Crippen molar-refractivity contribution in [3.05, 3.63) is 46.8 Å². The van der Waals surface area contributed by atoms with Crippen LogP contribution < -0.4 is 4.74 Å². The van der Waals surface area contributed by atoms with Crippen LogP contribution in [0, 0.1) is 16.0 Å². The number of benzene rings is 1. The van der Waals surface area contributed by atoms with E-state index in [9.17, 15) is 10.1 Å². The van der Waals surface area contributed by atoms with Gasteiger partial charge in [-0.25, -0.2) is 0 Å². The molecule has 0 saturated carbocycles. The van der Waals surface area contributed by atoms with E-state index >= 15 is 0 Å². The molecule has 0 unspecified atom stereocenters. The smallest absolute Gasteiger partial charge is 0.307 e. The summed E-state index contributed by atoms with van der Waals surface area (Å²) >= 11 is 1.42. The number of nitrogens with zero attached hydrogens (tertiary/aromatic N) is 6. The SMILES string of the molecule is CCn1c(SCn2cc([N+](=O)[O-])cn2)nnc1-c1ccc(OCC(C)C)cc1. The van der Waals surface area contributed by atoms with Gasteiger partial charge in [0.15, 0.2) is 11.0 Å². The van der Waals surface area contributed by atoms with E-state index in [0.29, 0.717) is 24.9 Å². The fraction of sp³-hybridized carbons (Fsp3) is 0.389. The quantitative estimate of drug-likeness (QED) is 0.304. The maximum atomic E-state index is 10.8. The Morgan fingerprint density at radius 2 is 2.00 bits per heavy atom. The molecule has 28 heavy (non-hydrogen) atoms. The van der Waals surface area contributed by atoms with Crippen LogP contribution in [0.3, 0.4) is 0 Å². The summed E-state index contributed by atoms with van der Waals surface area (Å²) < 4.78 is 9.24. The first-order valence-electron chi connectivity index (χ1n) is 8.94. The van der Waals surface area contributed by atoms with Gasteiger partial charge in [0.2, 0.25) is 0 Å². The van der Waals surface area contributed by atoms with E-state index in [0.717, 1.165) is 22.3 Å². The van der Waals surface area contributed by atoms with Gasteiger partial charge < -0.3 is 9.30 Å². The summed E-state index contributed by atoms with van der Waals surface area (Å²) in [5, 5.41) is 24.1. The van der Waals surface area contributed by atoms with Crippen molar-refractivity contribution >= 4 is 17.4 Å². The molecule has 9 nitrogen and oxygen atoms in total. The van der Waals surface area contributed by atoms with E-state index in [1.165, 1.54) is 28.8 Å². The molecule has 0 atom stereocenters. The van der Waals surface area contributed by atoms with Crippen molar-refractivity contribution in [3.63, 3.8) is 0 Å². The van der Waals surface area contributed by atoms with E-state index in [4.69, 9.17) is 4.74 Å². The average Bonchev–Trinajstić information content (AvgIpc) is 3.31. The molecule has 0 aliphatic rings. The zero-order valence-corrected chi connectivity index (χ0v) is 16.8. The maximum Gasteiger partial charge on any atom is 0.307 e. The van der Waals surface area contributed by atoms with Crippen LogP contribution in [0.4, 0.5) is 5.69 Å². The van der Waals surface area contributed by atoms with Gasteiger partial charge in [0.1, 0.15) is 18.1 Å². The van der Waals surface area contributed by atoms with Crippen LogP contribution in [-0.2, 0) is 12.4 Å². The van der Waals surface area contributed by atoms with Crippen LogP contribution in [-0.4, -0.2) is 36.1 Å². The lowest BCUT2D eigenvalue weighted by Crippen LogP contribution is -2.04. The molecule has 0 radical (unpaired) electrons. The lowest BCUT2D eigenvalue weighted by atomic mass is 10.2. The first-order chi connectivity index (χ1) is 13.5. The molecule has 0 saturated heterocycles. The minimum atomic E-state index is -0.463. The van der Waals surface area contributed by atoms with Crippen LogP contribution in [0.25, 0.3) is 11.4 Å². The minimum absolute atomic E-state index is 0.0296. The highest BCUT2D eigenvalue weighted by molar-refractivity contribution is 7.98. The predicted octanol–water partition coefficient (Wildman–Crippen LogP) is 3.85. The van der Waals surface area contributed by atoms with Gasteiger partial charge in [0.05, 0.1) is 17.4 Å². The normalized spacial score (nSPS) is 11.1. The summed E-state index contributed by atoms with van der Waals surface area (Å²) in [6, 6.07) is 7.80. The summed E-state index contributed by atoms with van der Waals surface area (Å²) in [5.74, 6) is 2.48. The Bertz CT molecular complexity index is 935. The van der Waals surface area contributed by atoms with Gasteiger partial charge in [-0.3, -0.25) is 14.8 Å². The number of rotatable bonds is 9. The Labute approximate surface area is 166 Å². The van der Waals surface area contributed by atoms with E-state index in [-0.39, 0.29) is 5.69 Å². The maximum absolute atomic E-state index is 10.8. The molecule has 2 aromatic heterocycles. The molecule has 0 spiro atoms. The highest BCUT2D eigenvalue weighted by Gasteiger charge is 2.15. The number of nitro groups is 1. The summed E-state index contributed by atoms with van der Waals surface area (Å²) in [6.45, 7) is 7.62.